The van der Waals surface area contributed by atoms with Crippen molar-refractivity contribution in [2.24, 2.45) is 0 Å². The Labute approximate surface area is 126 Å². The van der Waals surface area contributed by atoms with Crippen molar-refractivity contribution in [3.05, 3.63) is 70.1 Å². The number of aryl methyl sites for hydroxylation is 1. The van der Waals surface area contributed by atoms with Gasteiger partial charge in [-0.2, -0.15) is 0 Å². The first-order chi connectivity index (χ1) is 9.72. The SMILES string of the molecule is CNC(c1occc1C)c1ccc(Br)c2ccccc12. The predicted octanol–water partition coefficient (Wildman–Crippen LogP) is 4.81. The molecule has 2 aromatic carbocycles. The second-order valence-corrected chi connectivity index (χ2v) is 5.73. The number of benzene rings is 2. The monoisotopic (exact) mass is 329 g/mol. The average Bonchev–Trinajstić information content (AvgIpc) is 2.89. The third-order valence-electron chi connectivity index (χ3n) is 3.67. The molecule has 2 nitrogen and oxygen atoms in total. The fraction of sp³-hybridized carbons (Fsp3) is 0.176. The zero-order valence-corrected chi connectivity index (χ0v) is 13.1. The van der Waals surface area contributed by atoms with Gasteiger partial charge in [-0.3, -0.25) is 0 Å². The maximum atomic E-state index is 5.68. The van der Waals surface area contributed by atoms with E-state index in [9.17, 15) is 0 Å². The Bertz CT molecular complexity index is 748. The number of fused-ring (bicyclic) bond motifs is 1. The zero-order valence-electron chi connectivity index (χ0n) is 11.5. The van der Waals surface area contributed by atoms with Gasteiger partial charge in [0.15, 0.2) is 0 Å². The number of nitrogens with one attached hydrogen (secondary N) is 1. The van der Waals surface area contributed by atoms with Gasteiger partial charge in [-0.15, -0.1) is 0 Å². The number of halogens is 1. The summed E-state index contributed by atoms with van der Waals surface area (Å²) >= 11 is 3.62. The summed E-state index contributed by atoms with van der Waals surface area (Å²) in [6, 6.07) is 14.7. The highest BCUT2D eigenvalue weighted by Crippen LogP contribution is 2.34. The second-order valence-electron chi connectivity index (χ2n) is 4.87. The van der Waals surface area contributed by atoms with E-state index < -0.39 is 0 Å². The van der Waals surface area contributed by atoms with Crippen LogP contribution in [0.5, 0.6) is 0 Å². The van der Waals surface area contributed by atoms with Crippen LogP contribution in [0.15, 0.2) is 57.6 Å². The molecule has 0 aliphatic carbocycles. The van der Waals surface area contributed by atoms with E-state index in [2.05, 4.69) is 64.6 Å². The lowest BCUT2D eigenvalue weighted by molar-refractivity contribution is 0.461. The molecule has 0 bridgehead atoms. The summed E-state index contributed by atoms with van der Waals surface area (Å²) in [4.78, 5) is 0. The van der Waals surface area contributed by atoms with Crippen LogP contribution in [-0.2, 0) is 0 Å². The molecule has 0 aliphatic rings. The molecule has 3 rings (SSSR count). The van der Waals surface area contributed by atoms with Gasteiger partial charge in [0.2, 0.25) is 0 Å². The van der Waals surface area contributed by atoms with E-state index in [-0.39, 0.29) is 6.04 Å². The van der Waals surface area contributed by atoms with Gasteiger partial charge >= 0.3 is 0 Å². The molecule has 20 heavy (non-hydrogen) atoms. The highest BCUT2D eigenvalue weighted by molar-refractivity contribution is 9.10. The summed E-state index contributed by atoms with van der Waals surface area (Å²) in [6.45, 7) is 2.07. The molecule has 1 aromatic heterocycles. The maximum Gasteiger partial charge on any atom is 0.128 e. The van der Waals surface area contributed by atoms with Crippen molar-refractivity contribution in [2.75, 3.05) is 7.05 Å². The van der Waals surface area contributed by atoms with Crippen molar-refractivity contribution in [3.8, 4) is 0 Å². The van der Waals surface area contributed by atoms with Gasteiger partial charge in [0, 0.05) is 4.47 Å². The molecule has 0 amide bonds. The van der Waals surface area contributed by atoms with E-state index in [0.29, 0.717) is 0 Å². The van der Waals surface area contributed by atoms with Crippen molar-refractivity contribution in [2.45, 2.75) is 13.0 Å². The molecule has 1 unspecified atom stereocenters. The van der Waals surface area contributed by atoms with E-state index in [0.717, 1.165) is 15.8 Å². The molecule has 0 aliphatic heterocycles. The van der Waals surface area contributed by atoms with Gasteiger partial charge < -0.3 is 9.73 Å². The third-order valence-corrected chi connectivity index (χ3v) is 4.36. The van der Waals surface area contributed by atoms with Gasteiger partial charge in [0.25, 0.3) is 0 Å². The van der Waals surface area contributed by atoms with E-state index in [1.165, 1.54) is 16.3 Å². The van der Waals surface area contributed by atoms with Crippen LogP contribution < -0.4 is 5.32 Å². The smallest absolute Gasteiger partial charge is 0.128 e. The van der Waals surface area contributed by atoms with Crippen molar-refractivity contribution >= 4 is 26.7 Å². The van der Waals surface area contributed by atoms with E-state index in [1.807, 2.05) is 13.1 Å². The molecular formula is C17H16BrNO. The molecule has 3 heteroatoms. The summed E-state index contributed by atoms with van der Waals surface area (Å²) < 4.78 is 6.79. The minimum atomic E-state index is 0.0583. The quantitative estimate of drug-likeness (QED) is 0.745. The molecule has 0 radical (unpaired) electrons. The minimum absolute atomic E-state index is 0.0583. The zero-order chi connectivity index (χ0) is 14.1. The molecule has 0 spiro atoms. The van der Waals surface area contributed by atoms with Crippen LogP contribution in [0.2, 0.25) is 0 Å². The maximum absolute atomic E-state index is 5.68. The summed E-state index contributed by atoms with van der Waals surface area (Å²) in [5.74, 6) is 0.972. The Balaban J connectivity index is 2.23. The summed E-state index contributed by atoms with van der Waals surface area (Å²) in [7, 11) is 1.96. The number of furan rings is 1. The fourth-order valence-electron chi connectivity index (χ4n) is 2.65. The van der Waals surface area contributed by atoms with Crippen LogP contribution in [0.4, 0.5) is 0 Å². The number of hydrogen-bond acceptors (Lipinski definition) is 2. The standard InChI is InChI=1S/C17H16BrNO/c1-11-9-10-20-17(11)16(19-2)14-7-8-15(18)13-6-4-3-5-12(13)14/h3-10,16,19H,1-2H3. The van der Waals surface area contributed by atoms with Crippen LogP contribution in [0, 0.1) is 6.92 Å². The molecule has 1 heterocycles. The van der Waals surface area contributed by atoms with Crippen LogP contribution in [0.25, 0.3) is 10.8 Å². The molecule has 1 N–H and O–H groups in total. The molecule has 0 fully saturated rings. The topological polar surface area (TPSA) is 25.2 Å². The highest BCUT2D eigenvalue weighted by atomic mass is 79.9. The molecule has 0 saturated heterocycles. The van der Waals surface area contributed by atoms with Gasteiger partial charge in [-0.25, -0.2) is 0 Å². The van der Waals surface area contributed by atoms with Crippen LogP contribution in [-0.4, -0.2) is 7.05 Å². The number of rotatable bonds is 3. The van der Waals surface area contributed by atoms with Gasteiger partial charge in [0.1, 0.15) is 5.76 Å². The first-order valence-corrected chi connectivity index (χ1v) is 7.40. The molecule has 0 saturated carbocycles. The summed E-state index contributed by atoms with van der Waals surface area (Å²) in [6.07, 6.45) is 1.75. The van der Waals surface area contributed by atoms with Gasteiger partial charge in [-0.1, -0.05) is 46.3 Å². The predicted molar refractivity (Wildman–Crippen MR) is 86.0 cm³/mol. The average molecular weight is 330 g/mol. The molecule has 3 aromatic rings. The molecular weight excluding hydrogens is 314 g/mol. The van der Waals surface area contributed by atoms with Crippen molar-refractivity contribution in [1.29, 1.82) is 0 Å². The van der Waals surface area contributed by atoms with Crippen LogP contribution >= 0.6 is 15.9 Å². The first kappa shape index (κ1) is 13.4. The van der Waals surface area contributed by atoms with Crippen molar-refractivity contribution < 1.29 is 4.42 Å². The van der Waals surface area contributed by atoms with E-state index >= 15 is 0 Å². The van der Waals surface area contributed by atoms with Crippen LogP contribution in [0.3, 0.4) is 0 Å². The summed E-state index contributed by atoms with van der Waals surface area (Å²) in [5, 5.41) is 5.81. The lowest BCUT2D eigenvalue weighted by Gasteiger charge is -2.18. The Morgan fingerprint density at radius 3 is 2.45 bits per heavy atom. The largest absolute Gasteiger partial charge is 0.467 e. The Hall–Kier alpha value is -1.58. The molecule has 102 valence electrons. The van der Waals surface area contributed by atoms with Crippen LogP contribution in [0.1, 0.15) is 22.9 Å². The summed E-state index contributed by atoms with van der Waals surface area (Å²) in [5.41, 5.74) is 2.39. The Morgan fingerprint density at radius 2 is 1.80 bits per heavy atom. The molecule has 1 atom stereocenters. The lowest BCUT2D eigenvalue weighted by atomic mass is 9.96. The Kier molecular flexibility index (Phi) is 3.64. The number of hydrogen-bond donors (Lipinski definition) is 1. The van der Waals surface area contributed by atoms with Gasteiger partial charge in [0.05, 0.1) is 12.3 Å². The first-order valence-electron chi connectivity index (χ1n) is 6.60. The second kappa shape index (κ2) is 5.43. The van der Waals surface area contributed by atoms with Gasteiger partial charge in [-0.05, 0) is 48.0 Å². The fourth-order valence-corrected chi connectivity index (χ4v) is 3.12. The van der Waals surface area contributed by atoms with Crippen molar-refractivity contribution in [1.82, 2.24) is 5.32 Å². The van der Waals surface area contributed by atoms with E-state index in [4.69, 9.17) is 4.42 Å². The lowest BCUT2D eigenvalue weighted by Crippen LogP contribution is -2.18. The van der Waals surface area contributed by atoms with Crippen molar-refractivity contribution in [3.63, 3.8) is 0 Å². The minimum Gasteiger partial charge on any atom is -0.467 e. The highest BCUT2D eigenvalue weighted by Gasteiger charge is 2.20. The Morgan fingerprint density at radius 1 is 1.05 bits per heavy atom. The third kappa shape index (κ3) is 2.17. The van der Waals surface area contributed by atoms with E-state index in [1.54, 1.807) is 6.26 Å². The normalized spacial score (nSPS) is 12.8.